The number of aromatic nitrogens is 1. The molecule has 2 heterocycles. The molecule has 0 aliphatic carbocycles. The van der Waals surface area contributed by atoms with Crippen LogP contribution >= 0.6 is 24.0 Å². The zero-order valence-electron chi connectivity index (χ0n) is 14.2. The minimum Gasteiger partial charge on any atom is -0.318 e. The van der Waals surface area contributed by atoms with E-state index in [1.807, 2.05) is 39.0 Å². The first-order valence-corrected chi connectivity index (χ1v) is 9.13. The van der Waals surface area contributed by atoms with Crippen molar-refractivity contribution in [1.29, 1.82) is 5.26 Å². The molecule has 126 valence electrons. The number of thiocarbonyl (C=S) groups is 1. The van der Waals surface area contributed by atoms with Gasteiger partial charge in [-0.1, -0.05) is 24.0 Å². The Bertz CT molecular complexity index is 933. The summed E-state index contributed by atoms with van der Waals surface area (Å²) in [5, 5.41) is 8.95. The molecule has 1 aliphatic heterocycles. The monoisotopic (exact) mass is 367 g/mol. The minimum absolute atomic E-state index is 0.0272. The molecule has 0 N–H and O–H groups in total. The number of amides is 1. The summed E-state index contributed by atoms with van der Waals surface area (Å²) in [5.74, 6) is -0.0272. The van der Waals surface area contributed by atoms with E-state index in [4.69, 9.17) is 17.5 Å². The Kier molecular flexibility index (Phi) is 4.80. The van der Waals surface area contributed by atoms with E-state index in [-0.39, 0.29) is 5.91 Å². The van der Waals surface area contributed by atoms with Crippen molar-refractivity contribution in [2.24, 2.45) is 0 Å². The fraction of sp³-hybridized carbons (Fsp3) is 0.211. The third-order valence-electron chi connectivity index (χ3n) is 4.20. The van der Waals surface area contributed by atoms with Crippen LogP contribution in [0.3, 0.4) is 0 Å². The summed E-state index contributed by atoms with van der Waals surface area (Å²) >= 11 is 6.62. The normalized spacial score (nSPS) is 15.9. The number of thioether (sulfide) groups is 1. The maximum Gasteiger partial charge on any atom is 0.266 e. The van der Waals surface area contributed by atoms with Crippen molar-refractivity contribution < 1.29 is 4.79 Å². The number of nitrogens with zero attached hydrogens (tertiary/aromatic N) is 3. The van der Waals surface area contributed by atoms with Crippen LogP contribution < -0.4 is 0 Å². The molecule has 3 rings (SSSR count). The topological polar surface area (TPSA) is 49.0 Å². The number of carbonyl (C=O) groups excluding carboxylic acids is 1. The summed E-state index contributed by atoms with van der Waals surface area (Å²) in [6.45, 7) is 6.56. The first kappa shape index (κ1) is 17.5. The van der Waals surface area contributed by atoms with Gasteiger partial charge in [-0.05, 0) is 62.7 Å². The van der Waals surface area contributed by atoms with Crippen molar-refractivity contribution in [3.63, 3.8) is 0 Å². The predicted molar refractivity (Wildman–Crippen MR) is 106 cm³/mol. The summed E-state index contributed by atoms with van der Waals surface area (Å²) in [5.41, 5.74) is 4.74. The lowest BCUT2D eigenvalue weighted by Gasteiger charge is -2.10. The van der Waals surface area contributed by atoms with Gasteiger partial charge in [0, 0.05) is 23.6 Å². The lowest BCUT2D eigenvalue weighted by molar-refractivity contribution is -0.121. The molecule has 2 aromatic rings. The highest BCUT2D eigenvalue weighted by molar-refractivity contribution is 8.26. The summed E-state index contributed by atoms with van der Waals surface area (Å²) < 4.78 is 2.73. The zero-order chi connectivity index (χ0) is 18.1. The van der Waals surface area contributed by atoms with Crippen LogP contribution in [0.15, 0.2) is 35.2 Å². The number of carbonyl (C=O) groups is 1. The quantitative estimate of drug-likeness (QED) is 0.603. The Morgan fingerprint density at radius 3 is 2.52 bits per heavy atom. The van der Waals surface area contributed by atoms with E-state index in [2.05, 4.69) is 16.7 Å². The van der Waals surface area contributed by atoms with Crippen LogP contribution in [0.4, 0.5) is 0 Å². The molecular weight excluding hydrogens is 350 g/mol. The Labute approximate surface area is 156 Å². The van der Waals surface area contributed by atoms with Gasteiger partial charge in [-0.3, -0.25) is 9.69 Å². The van der Waals surface area contributed by atoms with Crippen LogP contribution in [0.1, 0.15) is 29.4 Å². The standard InChI is InChI=1S/C19H17N3OS2/c1-4-21-18(23)17(25-19(21)24)10-15-9-12(2)22(13(15)3)16-7-5-14(11-20)6-8-16/h5-10H,4H2,1-3H3. The minimum atomic E-state index is -0.0272. The highest BCUT2D eigenvalue weighted by atomic mass is 32.2. The van der Waals surface area contributed by atoms with Crippen molar-refractivity contribution in [3.8, 4) is 11.8 Å². The van der Waals surface area contributed by atoms with Crippen molar-refractivity contribution in [3.05, 3.63) is 57.8 Å². The van der Waals surface area contributed by atoms with E-state index in [1.165, 1.54) is 11.8 Å². The lowest BCUT2D eigenvalue weighted by Crippen LogP contribution is -2.27. The summed E-state index contributed by atoms with van der Waals surface area (Å²) in [6.07, 6.45) is 1.91. The fourth-order valence-electron chi connectivity index (χ4n) is 2.93. The van der Waals surface area contributed by atoms with Crippen LogP contribution in [0.2, 0.25) is 0 Å². The van der Waals surface area contributed by atoms with E-state index in [0.29, 0.717) is 21.3 Å². The predicted octanol–water partition coefficient (Wildman–Crippen LogP) is 4.19. The van der Waals surface area contributed by atoms with Crippen LogP contribution in [-0.4, -0.2) is 26.2 Å². The zero-order valence-corrected chi connectivity index (χ0v) is 15.9. The first-order chi connectivity index (χ1) is 12.0. The highest BCUT2D eigenvalue weighted by Gasteiger charge is 2.30. The third-order valence-corrected chi connectivity index (χ3v) is 5.58. The Morgan fingerprint density at radius 2 is 1.96 bits per heavy atom. The number of hydrogen-bond acceptors (Lipinski definition) is 4. The van der Waals surface area contributed by atoms with Gasteiger partial charge in [0.25, 0.3) is 5.91 Å². The summed E-state index contributed by atoms with van der Waals surface area (Å²) in [6, 6.07) is 11.7. The third kappa shape index (κ3) is 3.13. The van der Waals surface area contributed by atoms with Crippen molar-refractivity contribution >= 4 is 40.3 Å². The second-order valence-electron chi connectivity index (χ2n) is 5.75. The fourth-order valence-corrected chi connectivity index (χ4v) is 4.31. The van der Waals surface area contributed by atoms with Crippen LogP contribution in [0, 0.1) is 25.2 Å². The smallest absolute Gasteiger partial charge is 0.266 e. The molecule has 1 saturated heterocycles. The molecule has 0 saturated carbocycles. The molecule has 25 heavy (non-hydrogen) atoms. The number of hydrogen-bond donors (Lipinski definition) is 0. The van der Waals surface area contributed by atoms with Crippen molar-refractivity contribution in [2.75, 3.05) is 6.54 Å². The molecule has 6 heteroatoms. The average Bonchev–Trinajstić information content (AvgIpc) is 3.03. The lowest BCUT2D eigenvalue weighted by atomic mass is 10.2. The summed E-state index contributed by atoms with van der Waals surface area (Å²) in [4.78, 5) is 14.7. The molecule has 1 fully saturated rings. The number of aryl methyl sites for hydroxylation is 1. The molecule has 0 radical (unpaired) electrons. The number of benzene rings is 1. The SMILES string of the molecule is CCN1C(=O)C(=Cc2cc(C)n(-c3ccc(C#N)cc3)c2C)SC1=S. The molecule has 1 aromatic carbocycles. The molecule has 0 spiro atoms. The van der Waals surface area contributed by atoms with Crippen molar-refractivity contribution in [1.82, 2.24) is 9.47 Å². The van der Waals surface area contributed by atoms with E-state index in [9.17, 15) is 4.79 Å². The number of nitriles is 1. The Morgan fingerprint density at radius 1 is 1.28 bits per heavy atom. The van der Waals surface area contributed by atoms with Crippen molar-refractivity contribution in [2.45, 2.75) is 20.8 Å². The Hall–Kier alpha value is -2.36. The first-order valence-electron chi connectivity index (χ1n) is 7.91. The van der Waals surface area contributed by atoms with Gasteiger partial charge in [-0.2, -0.15) is 5.26 Å². The number of rotatable bonds is 3. The van der Waals surface area contributed by atoms with Gasteiger partial charge >= 0.3 is 0 Å². The molecule has 0 atom stereocenters. The average molecular weight is 367 g/mol. The summed E-state index contributed by atoms with van der Waals surface area (Å²) in [7, 11) is 0. The van der Waals surface area contributed by atoms with Gasteiger partial charge in [0.2, 0.25) is 0 Å². The number of likely N-dealkylation sites (N-methyl/N-ethyl adjacent to an activating group) is 1. The molecule has 1 aromatic heterocycles. The second-order valence-corrected chi connectivity index (χ2v) is 7.42. The van der Waals surface area contributed by atoms with Crippen LogP contribution in [0.25, 0.3) is 11.8 Å². The highest BCUT2D eigenvalue weighted by Crippen LogP contribution is 2.33. The van der Waals surface area contributed by atoms with E-state index in [0.717, 1.165) is 22.6 Å². The van der Waals surface area contributed by atoms with Gasteiger partial charge in [0.15, 0.2) is 0 Å². The largest absolute Gasteiger partial charge is 0.318 e. The van der Waals surface area contributed by atoms with Crippen LogP contribution in [-0.2, 0) is 4.79 Å². The molecular formula is C19H17N3OS2. The van der Waals surface area contributed by atoms with Gasteiger partial charge in [0.1, 0.15) is 4.32 Å². The molecule has 1 aliphatic rings. The maximum absolute atomic E-state index is 12.4. The second kappa shape index (κ2) is 6.87. The molecule has 1 amide bonds. The van der Waals surface area contributed by atoms with Gasteiger partial charge in [-0.15, -0.1) is 0 Å². The van der Waals surface area contributed by atoms with Gasteiger partial charge < -0.3 is 4.57 Å². The van der Waals surface area contributed by atoms with E-state index < -0.39 is 0 Å². The van der Waals surface area contributed by atoms with Crippen LogP contribution in [0.5, 0.6) is 0 Å². The Balaban J connectivity index is 2.00. The van der Waals surface area contributed by atoms with Gasteiger partial charge in [0.05, 0.1) is 16.5 Å². The molecule has 0 bridgehead atoms. The van der Waals surface area contributed by atoms with E-state index >= 15 is 0 Å². The van der Waals surface area contributed by atoms with Gasteiger partial charge in [-0.25, -0.2) is 0 Å². The molecule has 4 nitrogen and oxygen atoms in total. The van der Waals surface area contributed by atoms with E-state index in [1.54, 1.807) is 17.0 Å². The maximum atomic E-state index is 12.4. The molecule has 0 unspecified atom stereocenters.